The van der Waals surface area contributed by atoms with Crippen molar-refractivity contribution < 1.29 is 19.4 Å². The van der Waals surface area contributed by atoms with Gasteiger partial charge in [0.25, 0.3) is 5.91 Å². The fourth-order valence-corrected chi connectivity index (χ4v) is 3.04. The molecule has 9 nitrogen and oxygen atoms in total. The number of anilines is 1. The lowest BCUT2D eigenvalue weighted by atomic mass is 9.88. The molecule has 0 radical (unpaired) electrons. The fourth-order valence-electron chi connectivity index (χ4n) is 3.04. The van der Waals surface area contributed by atoms with Crippen LogP contribution in [0.1, 0.15) is 22.5 Å². The van der Waals surface area contributed by atoms with Crippen molar-refractivity contribution in [3.8, 4) is 23.2 Å². The van der Waals surface area contributed by atoms with Crippen LogP contribution in [0.15, 0.2) is 30.5 Å². The van der Waals surface area contributed by atoms with E-state index in [2.05, 4.69) is 32.4 Å². The maximum Gasteiger partial charge on any atom is 0.269 e. The Bertz CT molecular complexity index is 1010. The van der Waals surface area contributed by atoms with E-state index in [0.717, 1.165) is 0 Å². The summed E-state index contributed by atoms with van der Waals surface area (Å²) in [6.45, 7) is 1.08. The molecule has 1 aliphatic heterocycles. The van der Waals surface area contributed by atoms with E-state index in [0.29, 0.717) is 48.8 Å². The monoisotopic (exact) mass is 409 g/mol. The van der Waals surface area contributed by atoms with Gasteiger partial charge in [0.15, 0.2) is 11.5 Å². The van der Waals surface area contributed by atoms with Crippen molar-refractivity contribution in [1.29, 1.82) is 0 Å². The Kier molecular flexibility index (Phi) is 6.61. The van der Waals surface area contributed by atoms with Crippen LogP contribution in [0.25, 0.3) is 11.4 Å². The summed E-state index contributed by atoms with van der Waals surface area (Å²) in [6.07, 6.45) is 1.96. The molecule has 1 aromatic heterocycles. The van der Waals surface area contributed by atoms with E-state index >= 15 is 0 Å². The van der Waals surface area contributed by atoms with Gasteiger partial charge in [0.2, 0.25) is 5.91 Å². The minimum absolute atomic E-state index is 0.0782. The number of hydrogen-bond donors (Lipinski definition) is 4. The maximum absolute atomic E-state index is 12.0. The Labute approximate surface area is 174 Å². The van der Waals surface area contributed by atoms with Gasteiger partial charge in [0, 0.05) is 31.3 Å². The molecule has 0 saturated carbocycles. The summed E-state index contributed by atoms with van der Waals surface area (Å²) in [7, 11) is 1.58. The van der Waals surface area contributed by atoms with Crippen LogP contribution in [0.2, 0.25) is 0 Å². The van der Waals surface area contributed by atoms with Crippen molar-refractivity contribution in [3.63, 3.8) is 0 Å². The first-order chi connectivity index (χ1) is 14.5. The van der Waals surface area contributed by atoms with E-state index in [4.69, 9.17) is 10.5 Å². The number of primary amides is 1. The molecule has 2 amide bonds. The predicted molar refractivity (Wildman–Crippen MR) is 110 cm³/mol. The summed E-state index contributed by atoms with van der Waals surface area (Å²) in [4.78, 5) is 32.5. The first kappa shape index (κ1) is 21.2. The van der Waals surface area contributed by atoms with Gasteiger partial charge in [-0.2, -0.15) is 0 Å². The number of rotatable bonds is 7. The number of methoxy groups -OCH3 is 1. The number of carbonyl (C=O) groups is 2. The van der Waals surface area contributed by atoms with Crippen molar-refractivity contribution >= 4 is 17.5 Å². The lowest BCUT2D eigenvalue weighted by molar-refractivity contribution is -0.126. The van der Waals surface area contributed by atoms with Crippen LogP contribution in [0.5, 0.6) is 0 Å². The molecule has 9 heteroatoms. The summed E-state index contributed by atoms with van der Waals surface area (Å²) in [5.41, 5.74) is 6.17. The number of ether oxygens (including phenoxy) is 1. The zero-order chi connectivity index (χ0) is 21.6. The Morgan fingerprint density at radius 3 is 2.97 bits per heavy atom. The number of hydrogen-bond acceptors (Lipinski definition) is 7. The fraction of sp³-hybridized carbons (Fsp3) is 0.333. The largest absolute Gasteiger partial charge is 0.394 e. The first-order valence-corrected chi connectivity index (χ1v) is 9.41. The van der Waals surface area contributed by atoms with Gasteiger partial charge in [-0.05, 0) is 18.6 Å². The molecule has 1 fully saturated rings. The second-order valence-corrected chi connectivity index (χ2v) is 6.82. The highest BCUT2D eigenvalue weighted by molar-refractivity contribution is 5.96. The third-order valence-electron chi connectivity index (χ3n) is 4.75. The van der Waals surface area contributed by atoms with Gasteiger partial charge in [-0.15, -0.1) is 0 Å². The molecule has 3 rings (SSSR count). The molecule has 2 heterocycles. The molecule has 156 valence electrons. The average Bonchev–Trinajstić information content (AvgIpc) is 3.13. The topological polar surface area (TPSA) is 139 Å². The molecule has 0 aliphatic carbocycles. The maximum atomic E-state index is 12.0. The van der Waals surface area contributed by atoms with Crippen molar-refractivity contribution in [3.05, 3.63) is 41.7 Å². The van der Waals surface area contributed by atoms with E-state index in [1.165, 1.54) is 6.20 Å². The van der Waals surface area contributed by atoms with Crippen molar-refractivity contribution in [2.24, 2.45) is 11.1 Å². The van der Waals surface area contributed by atoms with Crippen LogP contribution in [0.3, 0.4) is 0 Å². The van der Waals surface area contributed by atoms with Crippen LogP contribution < -0.4 is 16.4 Å². The molecule has 2 aromatic rings. The summed E-state index contributed by atoms with van der Waals surface area (Å²) in [6, 6.07) is 7.10. The number of nitrogens with one attached hydrogen (secondary N) is 2. The second-order valence-electron chi connectivity index (χ2n) is 6.82. The molecule has 30 heavy (non-hydrogen) atoms. The Balaban J connectivity index is 1.89. The van der Waals surface area contributed by atoms with Crippen LogP contribution >= 0.6 is 0 Å². The zero-order valence-corrected chi connectivity index (χ0v) is 16.6. The van der Waals surface area contributed by atoms with Gasteiger partial charge in [-0.1, -0.05) is 24.0 Å². The highest BCUT2D eigenvalue weighted by Gasteiger charge is 2.40. The van der Waals surface area contributed by atoms with E-state index < -0.39 is 11.3 Å². The van der Waals surface area contributed by atoms with E-state index in [1.807, 2.05) is 0 Å². The summed E-state index contributed by atoms with van der Waals surface area (Å²) in [5, 5.41) is 15.4. The van der Waals surface area contributed by atoms with E-state index in [1.54, 1.807) is 31.4 Å². The van der Waals surface area contributed by atoms with Gasteiger partial charge in [-0.25, -0.2) is 9.97 Å². The standard InChI is InChI=1S/C21H23N5O4/c1-30-10-9-23-16-12-25-19(26-17(16)18(22)28)15-4-2-3-14(11-15)5-6-21(13-27)7-8-24-20(21)29/h2-4,11-12,23,27H,7-10,13H2,1H3,(H2,22,28)(H,24,29). The normalized spacial score (nSPS) is 17.7. The summed E-state index contributed by atoms with van der Waals surface area (Å²) < 4.78 is 4.98. The van der Waals surface area contributed by atoms with Crippen LogP contribution in [-0.4, -0.2) is 60.3 Å². The van der Waals surface area contributed by atoms with Gasteiger partial charge in [0.1, 0.15) is 5.41 Å². The highest BCUT2D eigenvalue weighted by Crippen LogP contribution is 2.25. The number of aliphatic hydroxyl groups excluding tert-OH is 1. The Morgan fingerprint density at radius 2 is 2.30 bits per heavy atom. The van der Waals surface area contributed by atoms with Crippen LogP contribution in [0, 0.1) is 17.3 Å². The lowest BCUT2D eigenvalue weighted by Crippen LogP contribution is -2.33. The molecule has 1 atom stereocenters. The minimum Gasteiger partial charge on any atom is -0.394 e. The van der Waals surface area contributed by atoms with Crippen LogP contribution in [0.4, 0.5) is 5.69 Å². The number of aliphatic hydroxyl groups is 1. The van der Waals surface area contributed by atoms with E-state index in [9.17, 15) is 14.7 Å². The lowest BCUT2D eigenvalue weighted by Gasteiger charge is -2.15. The van der Waals surface area contributed by atoms with Crippen molar-refractivity contribution in [1.82, 2.24) is 15.3 Å². The molecular weight excluding hydrogens is 386 g/mol. The second kappa shape index (κ2) is 9.35. The Hall–Kier alpha value is -3.48. The van der Waals surface area contributed by atoms with Crippen molar-refractivity contribution in [2.45, 2.75) is 6.42 Å². The average molecular weight is 409 g/mol. The smallest absolute Gasteiger partial charge is 0.269 e. The number of benzene rings is 1. The summed E-state index contributed by atoms with van der Waals surface area (Å²) >= 11 is 0. The molecule has 5 N–H and O–H groups in total. The SMILES string of the molecule is COCCNc1cnc(-c2cccc(C#CC3(CO)CCNC3=O)c2)nc1C(N)=O. The number of nitrogens with two attached hydrogens (primary N) is 1. The van der Waals surface area contributed by atoms with Crippen molar-refractivity contribution in [2.75, 3.05) is 38.7 Å². The molecule has 1 aromatic carbocycles. The number of carbonyl (C=O) groups excluding carboxylic acids is 2. The number of amides is 2. The van der Waals surface area contributed by atoms with Gasteiger partial charge < -0.3 is 26.2 Å². The third kappa shape index (κ3) is 4.56. The van der Waals surface area contributed by atoms with E-state index in [-0.39, 0.29) is 18.2 Å². The molecule has 1 saturated heterocycles. The number of nitrogens with zero attached hydrogens (tertiary/aromatic N) is 2. The molecular formula is C21H23N5O4. The van der Waals surface area contributed by atoms with Gasteiger partial charge in [-0.3, -0.25) is 9.59 Å². The highest BCUT2D eigenvalue weighted by atomic mass is 16.5. The third-order valence-corrected chi connectivity index (χ3v) is 4.75. The summed E-state index contributed by atoms with van der Waals surface area (Å²) in [5.74, 6) is 5.25. The quantitative estimate of drug-likeness (QED) is 0.377. The predicted octanol–water partition coefficient (Wildman–Crippen LogP) is 0.151. The molecule has 0 spiro atoms. The Morgan fingerprint density at radius 1 is 1.47 bits per heavy atom. The van der Waals surface area contributed by atoms with Gasteiger partial charge >= 0.3 is 0 Å². The van der Waals surface area contributed by atoms with Crippen LogP contribution in [-0.2, 0) is 9.53 Å². The minimum atomic E-state index is -1.08. The number of aromatic nitrogens is 2. The van der Waals surface area contributed by atoms with Gasteiger partial charge in [0.05, 0.1) is 25.1 Å². The first-order valence-electron chi connectivity index (χ1n) is 9.41. The molecule has 0 bridgehead atoms. The zero-order valence-electron chi connectivity index (χ0n) is 16.6. The molecule has 1 aliphatic rings. The molecule has 1 unspecified atom stereocenters.